The predicted molar refractivity (Wildman–Crippen MR) is 139 cm³/mol. The first-order valence-corrected chi connectivity index (χ1v) is 12.2. The Hall–Kier alpha value is -4.21. The van der Waals surface area contributed by atoms with Gasteiger partial charge in [0.1, 0.15) is 11.4 Å². The molecule has 1 fully saturated rings. The van der Waals surface area contributed by atoms with E-state index in [1.165, 1.54) is 25.3 Å². The van der Waals surface area contributed by atoms with E-state index in [0.29, 0.717) is 43.9 Å². The van der Waals surface area contributed by atoms with Gasteiger partial charge in [0.25, 0.3) is 5.91 Å². The lowest BCUT2D eigenvalue weighted by Crippen LogP contribution is -2.48. The zero-order valence-electron chi connectivity index (χ0n) is 21.0. The van der Waals surface area contributed by atoms with Crippen LogP contribution in [0.4, 0.5) is 15.8 Å². The smallest absolute Gasteiger partial charge is 0.340 e. The average Bonchev–Trinajstić information content (AvgIpc) is 2.89. The molecule has 3 aromatic rings. The molecule has 1 aromatic heterocycles. The summed E-state index contributed by atoms with van der Waals surface area (Å²) in [7, 11) is 0. The van der Waals surface area contributed by atoms with Gasteiger partial charge in [-0.15, -0.1) is 0 Å². The fourth-order valence-electron chi connectivity index (χ4n) is 4.50. The molecule has 0 atom stereocenters. The molecule has 37 heavy (non-hydrogen) atoms. The highest BCUT2D eigenvalue weighted by Gasteiger charge is 2.24. The molecule has 2 amide bonds. The van der Waals surface area contributed by atoms with Crippen LogP contribution in [0.25, 0.3) is 10.9 Å². The standard InChI is InChI=1S/C27H29FN4O5/c1-4-30-16-20(26(35)29-22-9-7-6-8-18(22)27(36)37-5-2)25(34)19-14-21(28)24(15-23(19)30)32-12-10-31(11-13-32)17(3)33/h6-9,14-16H,4-5,10-13H2,1-3H3,(H,29,35). The number of esters is 1. The Bertz CT molecular complexity index is 1430. The van der Waals surface area contributed by atoms with E-state index in [4.69, 9.17) is 4.74 Å². The summed E-state index contributed by atoms with van der Waals surface area (Å²) in [5, 5.41) is 2.71. The Labute approximate surface area is 213 Å². The lowest BCUT2D eigenvalue weighted by molar-refractivity contribution is -0.129. The monoisotopic (exact) mass is 508 g/mol. The Morgan fingerprint density at radius 1 is 1.03 bits per heavy atom. The van der Waals surface area contributed by atoms with E-state index in [2.05, 4.69) is 5.32 Å². The first kappa shape index (κ1) is 25.9. The highest BCUT2D eigenvalue weighted by atomic mass is 19.1. The van der Waals surface area contributed by atoms with Crippen LogP contribution in [0.1, 0.15) is 41.5 Å². The maximum atomic E-state index is 15.2. The number of pyridine rings is 1. The summed E-state index contributed by atoms with van der Waals surface area (Å²) in [5.41, 5.74) is 0.432. The van der Waals surface area contributed by atoms with Gasteiger partial charge in [0.2, 0.25) is 11.3 Å². The number of carbonyl (C=O) groups excluding carboxylic acids is 3. The third-order valence-electron chi connectivity index (χ3n) is 6.47. The number of hydrogen-bond acceptors (Lipinski definition) is 6. The molecule has 0 radical (unpaired) electrons. The summed E-state index contributed by atoms with van der Waals surface area (Å²) in [6.07, 6.45) is 1.45. The van der Waals surface area contributed by atoms with Gasteiger partial charge in [0.15, 0.2) is 0 Å². The molecule has 1 aliphatic heterocycles. The van der Waals surface area contributed by atoms with Crippen LogP contribution in [-0.2, 0) is 16.1 Å². The number of para-hydroxylation sites is 1. The first-order valence-electron chi connectivity index (χ1n) is 12.2. The van der Waals surface area contributed by atoms with E-state index in [0.717, 1.165) is 0 Å². The van der Waals surface area contributed by atoms with Gasteiger partial charge in [-0.2, -0.15) is 0 Å². The number of nitrogens with one attached hydrogen (secondary N) is 1. The van der Waals surface area contributed by atoms with E-state index in [9.17, 15) is 19.2 Å². The summed E-state index contributed by atoms with van der Waals surface area (Å²) in [4.78, 5) is 53.9. The molecule has 10 heteroatoms. The number of carbonyl (C=O) groups is 3. The van der Waals surface area contributed by atoms with Gasteiger partial charge in [-0.1, -0.05) is 12.1 Å². The number of halogens is 1. The number of rotatable bonds is 6. The summed E-state index contributed by atoms with van der Waals surface area (Å²) in [6, 6.07) is 9.14. The second kappa shape index (κ2) is 10.8. The maximum absolute atomic E-state index is 15.2. The summed E-state index contributed by atoms with van der Waals surface area (Å²) >= 11 is 0. The lowest BCUT2D eigenvalue weighted by Gasteiger charge is -2.36. The molecule has 4 rings (SSSR count). The van der Waals surface area contributed by atoms with Crippen molar-refractivity contribution in [2.45, 2.75) is 27.3 Å². The number of fused-ring (bicyclic) bond motifs is 1. The van der Waals surface area contributed by atoms with E-state index in [1.807, 2.05) is 11.8 Å². The van der Waals surface area contributed by atoms with Crippen LogP contribution in [0.2, 0.25) is 0 Å². The lowest BCUT2D eigenvalue weighted by atomic mass is 10.1. The van der Waals surface area contributed by atoms with Crippen LogP contribution < -0.4 is 15.6 Å². The quantitative estimate of drug-likeness (QED) is 0.513. The van der Waals surface area contributed by atoms with Crippen molar-refractivity contribution in [3.05, 3.63) is 69.8 Å². The van der Waals surface area contributed by atoms with Crippen molar-refractivity contribution in [1.29, 1.82) is 0 Å². The first-order chi connectivity index (χ1) is 17.7. The van der Waals surface area contributed by atoms with E-state index in [-0.39, 0.29) is 34.7 Å². The molecule has 0 unspecified atom stereocenters. The van der Waals surface area contributed by atoms with Crippen molar-refractivity contribution >= 4 is 40.1 Å². The van der Waals surface area contributed by atoms with E-state index >= 15 is 4.39 Å². The Balaban J connectivity index is 1.69. The summed E-state index contributed by atoms with van der Waals surface area (Å²) < 4.78 is 22.0. The molecule has 1 N–H and O–H groups in total. The van der Waals surface area contributed by atoms with Gasteiger partial charge in [-0.05, 0) is 38.1 Å². The third kappa shape index (κ3) is 5.18. The van der Waals surface area contributed by atoms with Crippen LogP contribution in [0.5, 0.6) is 0 Å². The molecule has 1 saturated heterocycles. The minimum atomic E-state index is -0.712. The molecular weight excluding hydrogens is 479 g/mol. The van der Waals surface area contributed by atoms with Crippen molar-refractivity contribution in [1.82, 2.24) is 9.47 Å². The summed E-state index contributed by atoms with van der Waals surface area (Å²) in [5.74, 6) is -1.90. The van der Waals surface area contributed by atoms with Gasteiger partial charge >= 0.3 is 5.97 Å². The highest BCUT2D eigenvalue weighted by Crippen LogP contribution is 2.27. The maximum Gasteiger partial charge on any atom is 0.340 e. The van der Waals surface area contributed by atoms with Gasteiger partial charge in [-0.25, -0.2) is 9.18 Å². The number of aryl methyl sites for hydroxylation is 1. The zero-order chi connectivity index (χ0) is 26.7. The molecule has 9 nitrogen and oxygen atoms in total. The third-order valence-corrected chi connectivity index (χ3v) is 6.47. The number of nitrogens with zero attached hydrogens (tertiary/aromatic N) is 3. The Kier molecular flexibility index (Phi) is 7.56. The zero-order valence-corrected chi connectivity index (χ0v) is 21.0. The van der Waals surface area contributed by atoms with Crippen molar-refractivity contribution in [2.75, 3.05) is 43.0 Å². The molecule has 1 aliphatic rings. The normalized spacial score (nSPS) is 13.5. The molecule has 2 aromatic carbocycles. The molecule has 0 bridgehead atoms. The average molecular weight is 509 g/mol. The van der Waals surface area contributed by atoms with Gasteiger partial charge in [0, 0.05) is 51.2 Å². The molecule has 0 aliphatic carbocycles. The second-order valence-corrected chi connectivity index (χ2v) is 8.69. The molecular formula is C27H29FN4O5. The van der Waals surface area contributed by atoms with Gasteiger partial charge < -0.3 is 24.4 Å². The largest absolute Gasteiger partial charge is 0.462 e. The number of piperazine rings is 1. The predicted octanol–water partition coefficient (Wildman–Crippen LogP) is 3.26. The van der Waals surface area contributed by atoms with E-state index in [1.54, 1.807) is 40.7 Å². The number of ether oxygens (including phenoxy) is 1. The van der Waals surface area contributed by atoms with Crippen LogP contribution >= 0.6 is 0 Å². The molecule has 2 heterocycles. The van der Waals surface area contributed by atoms with E-state index < -0.39 is 23.1 Å². The second-order valence-electron chi connectivity index (χ2n) is 8.69. The van der Waals surface area contributed by atoms with Crippen molar-refractivity contribution in [2.24, 2.45) is 0 Å². The Morgan fingerprint density at radius 2 is 1.73 bits per heavy atom. The van der Waals surface area contributed by atoms with Crippen LogP contribution in [0.15, 0.2) is 47.4 Å². The minimum absolute atomic E-state index is 0.0193. The Morgan fingerprint density at radius 3 is 2.38 bits per heavy atom. The highest BCUT2D eigenvalue weighted by molar-refractivity contribution is 6.09. The molecule has 0 saturated carbocycles. The van der Waals surface area contributed by atoms with Crippen molar-refractivity contribution in [3.63, 3.8) is 0 Å². The minimum Gasteiger partial charge on any atom is -0.462 e. The molecule has 194 valence electrons. The summed E-state index contributed by atoms with van der Waals surface area (Å²) in [6.45, 7) is 7.56. The van der Waals surface area contributed by atoms with Crippen LogP contribution in [0, 0.1) is 5.82 Å². The van der Waals surface area contributed by atoms with Crippen LogP contribution in [-0.4, -0.2) is 60.0 Å². The molecule has 0 spiro atoms. The topological polar surface area (TPSA) is 101 Å². The van der Waals surface area contributed by atoms with Crippen molar-refractivity contribution in [3.8, 4) is 0 Å². The fourth-order valence-corrected chi connectivity index (χ4v) is 4.50. The number of hydrogen-bond donors (Lipinski definition) is 1. The SMILES string of the molecule is CCOC(=O)c1ccccc1NC(=O)c1cn(CC)c2cc(N3CCN(C(C)=O)CC3)c(F)cc2c1=O. The number of anilines is 2. The number of benzene rings is 2. The fraction of sp³-hybridized carbons (Fsp3) is 0.333. The number of amides is 2. The van der Waals surface area contributed by atoms with Crippen molar-refractivity contribution < 1.29 is 23.5 Å². The van der Waals surface area contributed by atoms with Gasteiger partial charge in [0.05, 0.1) is 29.1 Å². The van der Waals surface area contributed by atoms with Gasteiger partial charge in [-0.3, -0.25) is 14.4 Å². The van der Waals surface area contributed by atoms with Crippen LogP contribution in [0.3, 0.4) is 0 Å². The number of aromatic nitrogens is 1.